The molecule has 0 aliphatic heterocycles. The molecule has 27 heavy (non-hydrogen) atoms. The van der Waals surface area contributed by atoms with Crippen LogP contribution in [0.4, 0.5) is 0 Å². The fourth-order valence-corrected chi connectivity index (χ4v) is 3.95. The molecule has 0 N–H and O–H groups in total. The first-order valence-corrected chi connectivity index (χ1v) is 10.8. The molecule has 1 aliphatic carbocycles. The van der Waals surface area contributed by atoms with Crippen molar-refractivity contribution >= 4 is 5.57 Å². The first-order chi connectivity index (χ1) is 13.3. The lowest BCUT2D eigenvalue weighted by atomic mass is 9.83. The van der Waals surface area contributed by atoms with E-state index < -0.39 is 0 Å². The highest BCUT2D eigenvalue weighted by Gasteiger charge is 2.15. The Morgan fingerprint density at radius 3 is 2.37 bits per heavy atom. The van der Waals surface area contributed by atoms with Gasteiger partial charge in [0.15, 0.2) is 0 Å². The van der Waals surface area contributed by atoms with E-state index in [1.165, 1.54) is 74.5 Å². The van der Waals surface area contributed by atoms with Crippen molar-refractivity contribution in [2.75, 3.05) is 0 Å². The van der Waals surface area contributed by atoms with Crippen LogP contribution < -0.4 is 4.74 Å². The van der Waals surface area contributed by atoms with E-state index in [0.29, 0.717) is 6.61 Å². The van der Waals surface area contributed by atoms with Crippen LogP contribution in [0.2, 0.25) is 0 Å². The van der Waals surface area contributed by atoms with Gasteiger partial charge in [-0.3, -0.25) is 0 Å². The predicted octanol–water partition coefficient (Wildman–Crippen LogP) is 7.81. The molecule has 0 saturated carbocycles. The van der Waals surface area contributed by atoms with Crippen molar-refractivity contribution in [1.29, 1.82) is 0 Å². The molecule has 0 fully saturated rings. The average molecular weight is 363 g/mol. The summed E-state index contributed by atoms with van der Waals surface area (Å²) in [6.07, 6.45) is 14.8. The van der Waals surface area contributed by atoms with Gasteiger partial charge in [0.1, 0.15) is 12.4 Å². The number of rotatable bonds is 10. The van der Waals surface area contributed by atoms with E-state index in [-0.39, 0.29) is 0 Å². The van der Waals surface area contributed by atoms with Crippen molar-refractivity contribution in [3.63, 3.8) is 0 Å². The molecule has 144 valence electrons. The second-order valence-electron chi connectivity index (χ2n) is 7.87. The number of unbranched alkanes of at least 4 members (excludes halogenated alkanes) is 4. The highest BCUT2D eigenvalue weighted by Crippen LogP contribution is 2.33. The van der Waals surface area contributed by atoms with Gasteiger partial charge >= 0.3 is 0 Å². The Morgan fingerprint density at radius 2 is 1.67 bits per heavy atom. The maximum atomic E-state index is 5.84. The number of benzene rings is 2. The van der Waals surface area contributed by atoms with Crippen LogP contribution in [-0.2, 0) is 6.61 Å². The smallest absolute Gasteiger partial charge is 0.119 e. The predicted molar refractivity (Wildman–Crippen MR) is 116 cm³/mol. The molecule has 0 bridgehead atoms. The fourth-order valence-electron chi connectivity index (χ4n) is 3.95. The first kappa shape index (κ1) is 19.7. The zero-order chi connectivity index (χ0) is 18.7. The van der Waals surface area contributed by atoms with Gasteiger partial charge < -0.3 is 4.74 Å². The minimum atomic E-state index is 0.628. The maximum absolute atomic E-state index is 5.84. The summed E-state index contributed by atoms with van der Waals surface area (Å²) in [5, 5.41) is 0. The van der Waals surface area contributed by atoms with Crippen LogP contribution in [0.1, 0.15) is 75.8 Å². The summed E-state index contributed by atoms with van der Waals surface area (Å²) < 4.78 is 5.84. The van der Waals surface area contributed by atoms with Crippen LogP contribution in [0.25, 0.3) is 5.57 Å². The lowest BCUT2D eigenvalue weighted by molar-refractivity contribution is 0.306. The van der Waals surface area contributed by atoms with Crippen LogP contribution in [0.5, 0.6) is 5.75 Å². The van der Waals surface area contributed by atoms with Crippen LogP contribution in [0.3, 0.4) is 0 Å². The van der Waals surface area contributed by atoms with E-state index in [4.69, 9.17) is 4.74 Å². The molecular weight excluding hydrogens is 328 g/mol. The quantitative estimate of drug-likeness (QED) is 0.392. The normalized spacial score (nSPS) is 16.8. The van der Waals surface area contributed by atoms with Gasteiger partial charge in [-0.15, -0.1) is 0 Å². The Kier molecular flexibility index (Phi) is 8.02. The molecule has 1 atom stereocenters. The van der Waals surface area contributed by atoms with Crippen LogP contribution in [0, 0.1) is 5.92 Å². The molecule has 1 nitrogen and oxygen atoms in total. The van der Waals surface area contributed by atoms with Gasteiger partial charge in [0, 0.05) is 0 Å². The Balaban J connectivity index is 1.43. The van der Waals surface area contributed by atoms with Gasteiger partial charge in [-0.1, -0.05) is 94.0 Å². The third-order valence-corrected chi connectivity index (χ3v) is 5.71. The third kappa shape index (κ3) is 6.57. The minimum absolute atomic E-state index is 0.628. The number of hydrogen-bond donors (Lipinski definition) is 0. The van der Waals surface area contributed by atoms with Gasteiger partial charge in [0.25, 0.3) is 0 Å². The van der Waals surface area contributed by atoms with Gasteiger partial charge in [0.05, 0.1) is 0 Å². The molecule has 0 radical (unpaired) electrons. The number of allylic oxidation sites excluding steroid dienone is 2. The Labute approximate surface area is 165 Å². The number of para-hydroxylation sites is 1. The highest BCUT2D eigenvalue weighted by molar-refractivity contribution is 5.66. The zero-order valence-corrected chi connectivity index (χ0v) is 16.8. The van der Waals surface area contributed by atoms with Crippen LogP contribution >= 0.6 is 0 Å². The molecule has 2 aromatic carbocycles. The van der Waals surface area contributed by atoms with Crippen LogP contribution in [0.15, 0.2) is 60.7 Å². The summed E-state index contributed by atoms with van der Waals surface area (Å²) in [4.78, 5) is 0. The first-order valence-electron chi connectivity index (χ1n) is 10.8. The van der Waals surface area contributed by atoms with Gasteiger partial charge in [-0.05, 0) is 54.0 Å². The molecule has 0 amide bonds. The lowest BCUT2D eigenvalue weighted by Gasteiger charge is -2.22. The van der Waals surface area contributed by atoms with Crippen molar-refractivity contribution in [2.24, 2.45) is 5.92 Å². The standard InChI is InChI=1S/C26H34O/c1-2-3-4-5-7-10-22-13-17-24(18-14-22)25-19-15-23(16-20-25)21-27-26-11-8-6-9-12-26/h6,8-9,11-12,15-17,19-20,22H,2-5,7,10,13-14,18,21H2,1H3. The summed E-state index contributed by atoms with van der Waals surface area (Å²) in [6.45, 7) is 2.92. The third-order valence-electron chi connectivity index (χ3n) is 5.71. The molecule has 1 aliphatic rings. The molecule has 0 spiro atoms. The Morgan fingerprint density at radius 1 is 0.889 bits per heavy atom. The van der Waals surface area contributed by atoms with E-state index in [9.17, 15) is 0 Å². The highest BCUT2D eigenvalue weighted by atomic mass is 16.5. The SMILES string of the molecule is CCCCCCCC1CC=C(c2ccc(COc3ccccc3)cc2)CC1. The van der Waals surface area contributed by atoms with Crippen molar-refractivity contribution in [2.45, 2.75) is 71.3 Å². The number of ether oxygens (including phenoxy) is 1. The van der Waals surface area contributed by atoms with Gasteiger partial charge in [0.2, 0.25) is 0 Å². The molecule has 0 aromatic heterocycles. The topological polar surface area (TPSA) is 9.23 Å². The monoisotopic (exact) mass is 362 g/mol. The molecule has 2 aromatic rings. The second-order valence-corrected chi connectivity index (χ2v) is 7.87. The number of hydrogen-bond acceptors (Lipinski definition) is 1. The Bertz CT molecular complexity index is 684. The minimum Gasteiger partial charge on any atom is -0.489 e. The lowest BCUT2D eigenvalue weighted by Crippen LogP contribution is -2.05. The van der Waals surface area contributed by atoms with Gasteiger partial charge in [-0.2, -0.15) is 0 Å². The molecular formula is C26H34O. The summed E-state index contributed by atoms with van der Waals surface area (Å²) >= 11 is 0. The fraction of sp³-hybridized carbons (Fsp3) is 0.462. The van der Waals surface area contributed by atoms with E-state index in [0.717, 1.165) is 11.7 Å². The summed E-state index contributed by atoms with van der Waals surface area (Å²) in [6, 6.07) is 19.0. The van der Waals surface area contributed by atoms with Gasteiger partial charge in [-0.25, -0.2) is 0 Å². The summed E-state index contributed by atoms with van der Waals surface area (Å²) in [5.74, 6) is 1.84. The average Bonchev–Trinajstić information content (AvgIpc) is 2.74. The summed E-state index contributed by atoms with van der Waals surface area (Å²) in [5.41, 5.74) is 4.15. The van der Waals surface area contributed by atoms with E-state index in [1.807, 2.05) is 30.3 Å². The molecule has 3 rings (SSSR count). The van der Waals surface area contributed by atoms with E-state index in [1.54, 1.807) is 0 Å². The summed E-state index contributed by atoms with van der Waals surface area (Å²) in [7, 11) is 0. The molecule has 0 saturated heterocycles. The maximum Gasteiger partial charge on any atom is 0.119 e. The molecule has 0 heterocycles. The van der Waals surface area contributed by atoms with Crippen molar-refractivity contribution in [3.05, 3.63) is 71.8 Å². The van der Waals surface area contributed by atoms with E-state index in [2.05, 4.69) is 37.3 Å². The van der Waals surface area contributed by atoms with Crippen molar-refractivity contribution in [1.82, 2.24) is 0 Å². The Hall–Kier alpha value is -2.02. The largest absolute Gasteiger partial charge is 0.489 e. The molecule has 1 unspecified atom stereocenters. The second kappa shape index (κ2) is 11.0. The van der Waals surface area contributed by atoms with Crippen LogP contribution in [-0.4, -0.2) is 0 Å². The van der Waals surface area contributed by atoms with Crippen molar-refractivity contribution < 1.29 is 4.74 Å². The zero-order valence-electron chi connectivity index (χ0n) is 16.8. The molecule has 1 heteroatoms. The van der Waals surface area contributed by atoms with Crippen molar-refractivity contribution in [3.8, 4) is 5.75 Å². The van der Waals surface area contributed by atoms with E-state index >= 15 is 0 Å².